The van der Waals surface area contributed by atoms with Gasteiger partial charge in [0.15, 0.2) is 0 Å². The van der Waals surface area contributed by atoms with Crippen LogP contribution in [0.15, 0.2) is 59.5 Å². The SMILES string of the molecule is CCC(CC(=O)NCCN1C(=O)SC(=Cc2ccccc2F)C1=O)c1ccccc1. The molecule has 5 nitrogen and oxygen atoms in total. The number of nitrogens with zero attached hydrogens (tertiary/aromatic N) is 1. The molecule has 30 heavy (non-hydrogen) atoms. The van der Waals surface area contributed by atoms with Crippen molar-refractivity contribution in [3.63, 3.8) is 0 Å². The van der Waals surface area contributed by atoms with Crippen molar-refractivity contribution < 1.29 is 18.8 Å². The first-order valence-electron chi connectivity index (χ1n) is 9.81. The summed E-state index contributed by atoms with van der Waals surface area (Å²) in [6.45, 7) is 2.29. The van der Waals surface area contributed by atoms with Gasteiger partial charge in [0, 0.05) is 25.1 Å². The van der Waals surface area contributed by atoms with Gasteiger partial charge in [0.05, 0.1) is 4.91 Å². The predicted octanol–water partition coefficient (Wildman–Crippen LogP) is 4.56. The zero-order valence-electron chi connectivity index (χ0n) is 16.6. The number of halogens is 1. The molecule has 0 bridgehead atoms. The first-order chi connectivity index (χ1) is 14.5. The molecule has 1 atom stereocenters. The number of rotatable bonds is 8. The summed E-state index contributed by atoms with van der Waals surface area (Å²) >= 11 is 0.775. The first-order valence-corrected chi connectivity index (χ1v) is 10.6. The maximum Gasteiger partial charge on any atom is 0.293 e. The molecule has 1 aliphatic rings. The van der Waals surface area contributed by atoms with Crippen LogP contribution in [0, 0.1) is 5.82 Å². The van der Waals surface area contributed by atoms with E-state index in [1.54, 1.807) is 18.2 Å². The number of amides is 3. The molecule has 2 aromatic carbocycles. The van der Waals surface area contributed by atoms with E-state index in [-0.39, 0.29) is 35.4 Å². The fourth-order valence-electron chi connectivity index (χ4n) is 3.25. The highest BCUT2D eigenvalue weighted by Gasteiger charge is 2.34. The summed E-state index contributed by atoms with van der Waals surface area (Å²) in [5, 5.41) is 2.36. The van der Waals surface area contributed by atoms with Gasteiger partial charge >= 0.3 is 0 Å². The van der Waals surface area contributed by atoms with E-state index >= 15 is 0 Å². The summed E-state index contributed by atoms with van der Waals surface area (Å²) in [6, 6.07) is 15.9. The van der Waals surface area contributed by atoms with Gasteiger partial charge in [-0.15, -0.1) is 0 Å². The Hall–Kier alpha value is -2.93. The summed E-state index contributed by atoms with van der Waals surface area (Å²) in [6.07, 6.45) is 2.56. The van der Waals surface area contributed by atoms with Gasteiger partial charge in [0.25, 0.3) is 11.1 Å². The van der Waals surface area contributed by atoms with Crippen LogP contribution in [0.2, 0.25) is 0 Å². The Labute approximate surface area is 179 Å². The molecule has 0 radical (unpaired) electrons. The van der Waals surface area contributed by atoms with Gasteiger partial charge in [0.1, 0.15) is 5.82 Å². The Balaban J connectivity index is 1.53. The van der Waals surface area contributed by atoms with E-state index < -0.39 is 17.0 Å². The monoisotopic (exact) mass is 426 g/mol. The third-order valence-electron chi connectivity index (χ3n) is 4.92. The zero-order chi connectivity index (χ0) is 21.5. The minimum atomic E-state index is -0.474. The number of hydrogen-bond acceptors (Lipinski definition) is 4. The number of imide groups is 1. The van der Waals surface area contributed by atoms with E-state index in [1.165, 1.54) is 12.1 Å². The van der Waals surface area contributed by atoms with Gasteiger partial charge in [-0.1, -0.05) is 55.5 Å². The molecule has 0 saturated carbocycles. The fraction of sp³-hybridized carbons (Fsp3) is 0.261. The summed E-state index contributed by atoms with van der Waals surface area (Å²) in [4.78, 5) is 38.2. The van der Waals surface area contributed by atoms with Gasteiger partial charge in [-0.3, -0.25) is 19.3 Å². The first kappa shape index (κ1) is 21.8. The maximum atomic E-state index is 13.8. The van der Waals surface area contributed by atoms with Crippen molar-refractivity contribution in [3.8, 4) is 0 Å². The number of benzene rings is 2. The number of hydrogen-bond donors (Lipinski definition) is 1. The highest BCUT2D eigenvalue weighted by Crippen LogP contribution is 2.32. The van der Waals surface area contributed by atoms with Crippen LogP contribution in [0.1, 0.15) is 36.8 Å². The highest BCUT2D eigenvalue weighted by atomic mass is 32.2. The summed E-state index contributed by atoms with van der Waals surface area (Å²) in [7, 11) is 0. The standard InChI is InChI=1S/C23H23FN2O3S/c1-2-16(17-8-4-3-5-9-17)15-21(27)25-12-13-26-22(28)20(30-23(26)29)14-18-10-6-7-11-19(18)24/h3-11,14,16H,2,12-13,15H2,1H3,(H,25,27). The smallest absolute Gasteiger partial charge is 0.293 e. The lowest BCUT2D eigenvalue weighted by Gasteiger charge is -2.16. The molecule has 1 aliphatic heterocycles. The Kier molecular flexibility index (Phi) is 7.41. The van der Waals surface area contributed by atoms with Crippen molar-refractivity contribution in [2.75, 3.05) is 13.1 Å². The number of carbonyl (C=O) groups excluding carboxylic acids is 3. The van der Waals surface area contributed by atoms with E-state index in [4.69, 9.17) is 0 Å². The quantitative estimate of drug-likeness (QED) is 0.629. The van der Waals surface area contributed by atoms with Crippen molar-refractivity contribution in [3.05, 3.63) is 76.4 Å². The van der Waals surface area contributed by atoms with Crippen LogP contribution in [-0.4, -0.2) is 35.0 Å². The highest BCUT2D eigenvalue weighted by molar-refractivity contribution is 8.18. The van der Waals surface area contributed by atoms with Crippen molar-refractivity contribution in [1.82, 2.24) is 10.2 Å². The van der Waals surface area contributed by atoms with Crippen molar-refractivity contribution in [2.45, 2.75) is 25.7 Å². The van der Waals surface area contributed by atoms with Crippen LogP contribution >= 0.6 is 11.8 Å². The van der Waals surface area contributed by atoms with E-state index in [0.29, 0.717) is 6.42 Å². The third-order valence-corrected chi connectivity index (χ3v) is 5.83. The van der Waals surface area contributed by atoms with Crippen LogP contribution in [0.3, 0.4) is 0 Å². The number of thioether (sulfide) groups is 1. The number of nitrogens with one attached hydrogen (secondary N) is 1. The fourth-order valence-corrected chi connectivity index (χ4v) is 4.11. The second kappa shape index (κ2) is 10.2. The van der Waals surface area contributed by atoms with Gasteiger partial charge in [-0.25, -0.2) is 4.39 Å². The Morgan fingerprint density at radius 3 is 2.53 bits per heavy atom. The minimum Gasteiger partial charge on any atom is -0.354 e. The van der Waals surface area contributed by atoms with Crippen LogP contribution in [-0.2, 0) is 9.59 Å². The maximum absolute atomic E-state index is 13.8. The Bertz CT molecular complexity index is 962. The van der Waals surface area contributed by atoms with Crippen LogP contribution in [0.5, 0.6) is 0 Å². The topological polar surface area (TPSA) is 66.5 Å². The Morgan fingerprint density at radius 1 is 1.13 bits per heavy atom. The molecule has 1 unspecified atom stereocenters. The molecule has 0 aromatic heterocycles. The molecule has 156 valence electrons. The minimum absolute atomic E-state index is 0.0765. The lowest BCUT2D eigenvalue weighted by atomic mass is 9.93. The van der Waals surface area contributed by atoms with Crippen LogP contribution in [0.25, 0.3) is 6.08 Å². The third kappa shape index (κ3) is 5.36. The summed E-state index contributed by atoms with van der Waals surface area (Å²) in [5.41, 5.74) is 1.36. The number of carbonyl (C=O) groups is 3. The molecular weight excluding hydrogens is 403 g/mol. The molecule has 1 N–H and O–H groups in total. The zero-order valence-corrected chi connectivity index (χ0v) is 17.5. The van der Waals surface area contributed by atoms with Crippen LogP contribution in [0.4, 0.5) is 9.18 Å². The van der Waals surface area contributed by atoms with Gasteiger partial charge < -0.3 is 5.32 Å². The van der Waals surface area contributed by atoms with E-state index in [0.717, 1.165) is 28.6 Å². The van der Waals surface area contributed by atoms with E-state index in [2.05, 4.69) is 5.32 Å². The molecule has 1 heterocycles. The molecule has 0 aliphatic carbocycles. The second-order valence-electron chi connectivity index (χ2n) is 6.92. The lowest BCUT2D eigenvalue weighted by Crippen LogP contribution is -2.37. The van der Waals surface area contributed by atoms with Gasteiger partial charge in [-0.05, 0) is 41.8 Å². The van der Waals surface area contributed by atoms with Crippen molar-refractivity contribution in [1.29, 1.82) is 0 Å². The molecule has 1 fully saturated rings. The van der Waals surface area contributed by atoms with E-state index in [9.17, 15) is 18.8 Å². The molecule has 3 rings (SSSR count). The average molecular weight is 427 g/mol. The molecule has 7 heteroatoms. The normalized spacial score (nSPS) is 16.2. The van der Waals surface area contributed by atoms with Crippen molar-refractivity contribution in [2.24, 2.45) is 0 Å². The molecular formula is C23H23FN2O3S. The van der Waals surface area contributed by atoms with Gasteiger partial charge in [-0.2, -0.15) is 0 Å². The summed E-state index contributed by atoms with van der Waals surface area (Å²) < 4.78 is 13.8. The van der Waals surface area contributed by atoms with E-state index in [1.807, 2.05) is 37.3 Å². The van der Waals surface area contributed by atoms with Crippen molar-refractivity contribution >= 4 is 34.9 Å². The summed E-state index contributed by atoms with van der Waals surface area (Å²) in [5.74, 6) is -0.939. The van der Waals surface area contributed by atoms with Crippen LogP contribution < -0.4 is 5.32 Å². The molecule has 3 amide bonds. The second-order valence-corrected chi connectivity index (χ2v) is 7.92. The van der Waals surface area contributed by atoms with Gasteiger partial charge in [0.2, 0.25) is 5.91 Å². The molecule has 2 aromatic rings. The predicted molar refractivity (Wildman–Crippen MR) is 116 cm³/mol. The largest absolute Gasteiger partial charge is 0.354 e. The lowest BCUT2D eigenvalue weighted by molar-refractivity contribution is -0.124. The molecule has 0 spiro atoms. The molecule has 1 saturated heterocycles. The average Bonchev–Trinajstić information content (AvgIpc) is 3.01. The Morgan fingerprint density at radius 2 is 1.83 bits per heavy atom.